The van der Waals surface area contributed by atoms with Crippen molar-refractivity contribution in [2.45, 2.75) is 0 Å². The van der Waals surface area contributed by atoms with E-state index in [1.807, 2.05) is 0 Å². The number of alkyl halides is 1. The van der Waals surface area contributed by atoms with Gasteiger partial charge in [0.1, 0.15) is 6.67 Å². The fraction of sp³-hybridized carbons (Fsp3) is 1.00. The first-order valence-electron chi connectivity index (χ1n) is 4.41. The Labute approximate surface area is 78.1 Å². The highest BCUT2D eigenvalue weighted by atomic mass is 19.1. The first-order valence-corrected chi connectivity index (χ1v) is 4.41. The van der Waals surface area contributed by atoms with Gasteiger partial charge in [-0.05, 0) is 0 Å². The molecule has 5 heteroatoms. The van der Waals surface area contributed by atoms with E-state index < -0.39 is 6.67 Å². The standard InChI is InChI=1S/C8H18FNO3/c9-1-3-11-5-7-13-8-6-12-4-2-10/h1-8,10H2. The molecule has 0 bridgehead atoms. The average molecular weight is 195 g/mol. The Morgan fingerprint density at radius 3 is 1.69 bits per heavy atom. The Hall–Kier alpha value is -0.230. The number of nitrogens with two attached hydrogens (primary N) is 1. The summed E-state index contributed by atoms with van der Waals surface area (Å²) in [5, 5.41) is 0. The van der Waals surface area contributed by atoms with E-state index >= 15 is 0 Å². The zero-order valence-electron chi connectivity index (χ0n) is 7.84. The van der Waals surface area contributed by atoms with Crippen molar-refractivity contribution in [3.8, 4) is 0 Å². The van der Waals surface area contributed by atoms with Gasteiger partial charge < -0.3 is 19.9 Å². The highest BCUT2D eigenvalue weighted by Gasteiger charge is 1.90. The predicted molar refractivity (Wildman–Crippen MR) is 47.5 cm³/mol. The maximum atomic E-state index is 11.5. The summed E-state index contributed by atoms with van der Waals surface area (Å²) in [7, 11) is 0. The van der Waals surface area contributed by atoms with Crippen LogP contribution in [0.2, 0.25) is 0 Å². The van der Waals surface area contributed by atoms with Crippen molar-refractivity contribution in [2.24, 2.45) is 5.73 Å². The molecule has 0 heterocycles. The second-order valence-electron chi connectivity index (χ2n) is 2.31. The average Bonchev–Trinajstić information content (AvgIpc) is 2.16. The van der Waals surface area contributed by atoms with E-state index in [-0.39, 0.29) is 6.61 Å². The van der Waals surface area contributed by atoms with Gasteiger partial charge in [0.05, 0.1) is 39.6 Å². The zero-order chi connectivity index (χ0) is 9.78. The van der Waals surface area contributed by atoms with Gasteiger partial charge in [0.25, 0.3) is 0 Å². The van der Waals surface area contributed by atoms with Crippen LogP contribution in [-0.4, -0.2) is 52.9 Å². The largest absolute Gasteiger partial charge is 0.378 e. The fourth-order valence-electron chi connectivity index (χ4n) is 0.680. The molecule has 0 radical (unpaired) electrons. The summed E-state index contributed by atoms with van der Waals surface area (Å²) in [6.07, 6.45) is 0. The van der Waals surface area contributed by atoms with E-state index in [1.165, 1.54) is 0 Å². The van der Waals surface area contributed by atoms with Crippen LogP contribution in [0.1, 0.15) is 0 Å². The molecule has 0 atom stereocenters. The molecule has 0 unspecified atom stereocenters. The van der Waals surface area contributed by atoms with Gasteiger partial charge in [-0.1, -0.05) is 0 Å². The Morgan fingerprint density at radius 1 is 0.769 bits per heavy atom. The van der Waals surface area contributed by atoms with Gasteiger partial charge in [-0.15, -0.1) is 0 Å². The van der Waals surface area contributed by atoms with Crippen molar-refractivity contribution in [1.29, 1.82) is 0 Å². The first-order chi connectivity index (χ1) is 6.41. The first kappa shape index (κ1) is 12.8. The minimum Gasteiger partial charge on any atom is -0.378 e. The maximum Gasteiger partial charge on any atom is 0.113 e. The molecule has 80 valence electrons. The van der Waals surface area contributed by atoms with Gasteiger partial charge in [-0.2, -0.15) is 0 Å². The lowest BCUT2D eigenvalue weighted by Gasteiger charge is -2.04. The van der Waals surface area contributed by atoms with Crippen molar-refractivity contribution >= 4 is 0 Å². The summed E-state index contributed by atoms with van der Waals surface area (Å²) in [5.74, 6) is 0. The van der Waals surface area contributed by atoms with E-state index in [0.29, 0.717) is 39.6 Å². The highest BCUT2D eigenvalue weighted by Crippen LogP contribution is 1.80. The van der Waals surface area contributed by atoms with Gasteiger partial charge in [0, 0.05) is 6.54 Å². The van der Waals surface area contributed by atoms with Gasteiger partial charge in [-0.25, -0.2) is 4.39 Å². The fourth-order valence-corrected chi connectivity index (χ4v) is 0.680. The molecule has 13 heavy (non-hydrogen) atoms. The SMILES string of the molecule is NCCOCCOCCOCCF. The molecule has 0 aliphatic heterocycles. The summed E-state index contributed by atoms with van der Waals surface area (Å²) in [5.41, 5.74) is 5.20. The van der Waals surface area contributed by atoms with E-state index in [1.54, 1.807) is 0 Å². The van der Waals surface area contributed by atoms with Crippen LogP contribution < -0.4 is 5.73 Å². The van der Waals surface area contributed by atoms with Crippen LogP contribution in [0, 0.1) is 0 Å². The zero-order valence-corrected chi connectivity index (χ0v) is 7.84. The third-order valence-electron chi connectivity index (χ3n) is 1.23. The van der Waals surface area contributed by atoms with Crippen LogP contribution in [0.5, 0.6) is 0 Å². The molecule has 0 amide bonds. The quantitative estimate of drug-likeness (QED) is 0.497. The topological polar surface area (TPSA) is 53.7 Å². The van der Waals surface area contributed by atoms with Crippen LogP contribution in [-0.2, 0) is 14.2 Å². The lowest BCUT2D eigenvalue weighted by Crippen LogP contribution is -2.13. The number of hydrogen-bond acceptors (Lipinski definition) is 4. The van der Waals surface area contributed by atoms with Gasteiger partial charge >= 0.3 is 0 Å². The smallest absolute Gasteiger partial charge is 0.113 e. The van der Waals surface area contributed by atoms with Crippen molar-refractivity contribution in [3.05, 3.63) is 0 Å². The van der Waals surface area contributed by atoms with Crippen molar-refractivity contribution in [1.82, 2.24) is 0 Å². The molecule has 0 fully saturated rings. The molecule has 0 aromatic rings. The highest BCUT2D eigenvalue weighted by molar-refractivity contribution is 4.34. The van der Waals surface area contributed by atoms with Crippen molar-refractivity contribution < 1.29 is 18.6 Å². The van der Waals surface area contributed by atoms with Crippen LogP contribution >= 0.6 is 0 Å². The summed E-state index contributed by atoms with van der Waals surface area (Å²) < 4.78 is 26.5. The minimum atomic E-state index is -0.445. The molecule has 0 aromatic heterocycles. The summed E-state index contributed by atoms with van der Waals surface area (Å²) in [6.45, 7) is 2.76. The van der Waals surface area contributed by atoms with Gasteiger partial charge in [0.15, 0.2) is 0 Å². The number of ether oxygens (including phenoxy) is 3. The van der Waals surface area contributed by atoms with E-state index in [9.17, 15) is 4.39 Å². The molecule has 4 nitrogen and oxygen atoms in total. The molecular weight excluding hydrogens is 177 g/mol. The Bertz CT molecular complexity index is 85.5. The lowest BCUT2D eigenvalue weighted by atomic mass is 10.7. The Kier molecular flexibility index (Phi) is 11.6. The number of rotatable bonds is 10. The van der Waals surface area contributed by atoms with Crippen molar-refractivity contribution in [3.63, 3.8) is 0 Å². The summed E-state index contributed by atoms with van der Waals surface area (Å²) in [4.78, 5) is 0. The van der Waals surface area contributed by atoms with Crippen LogP contribution in [0.3, 0.4) is 0 Å². The molecule has 0 saturated carbocycles. The molecular formula is C8H18FNO3. The van der Waals surface area contributed by atoms with Crippen molar-refractivity contribution in [2.75, 3.05) is 52.9 Å². The predicted octanol–water partition coefficient (Wildman–Crippen LogP) is -0.0356. The van der Waals surface area contributed by atoms with Crippen LogP contribution in [0.15, 0.2) is 0 Å². The van der Waals surface area contributed by atoms with Gasteiger partial charge in [-0.3, -0.25) is 0 Å². The molecule has 2 N–H and O–H groups in total. The third-order valence-corrected chi connectivity index (χ3v) is 1.23. The molecule has 0 aliphatic carbocycles. The summed E-state index contributed by atoms with van der Waals surface area (Å²) >= 11 is 0. The molecule has 0 spiro atoms. The van der Waals surface area contributed by atoms with Crippen LogP contribution in [0.4, 0.5) is 4.39 Å². The summed E-state index contributed by atoms with van der Waals surface area (Å²) in [6, 6.07) is 0. The van der Waals surface area contributed by atoms with Gasteiger partial charge in [0.2, 0.25) is 0 Å². The Balaban J connectivity index is 2.76. The lowest BCUT2D eigenvalue weighted by molar-refractivity contribution is 0.0137. The van der Waals surface area contributed by atoms with E-state index in [0.717, 1.165) is 0 Å². The van der Waals surface area contributed by atoms with E-state index in [2.05, 4.69) is 0 Å². The minimum absolute atomic E-state index is 0.146. The number of hydrogen-bond donors (Lipinski definition) is 1. The molecule has 0 aliphatic rings. The normalized spacial score (nSPS) is 10.6. The molecule has 0 saturated heterocycles. The third kappa shape index (κ3) is 11.8. The number of halogens is 1. The maximum absolute atomic E-state index is 11.5. The van der Waals surface area contributed by atoms with Crippen LogP contribution in [0.25, 0.3) is 0 Å². The second-order valence-corrected chi connectivity index (χ2v) is 2.31. The second kappa shape index (κ2) is 11.8. The van der Waals surface area contributed by atoms with E-state index in [4.69, 9.17) is 19.9 Å². The molecule has 0 rings (SSSR count). The monoisotopic (exact) mass is 195 g/mol. The molecule has 0 aromatic carbocycles. The Morgan fingerprint density at radius 2 is 1.23 bits per heavy atom.